The first-order valence-corrected chi connectivity index (χ1v) is 6.57. The van der Waals surface area contributed by atoms with Gasteiger partial charge in [0.15, 0.2) is 5.82 Å². The molecule has 1 fully saturated rings. The fourth-order valence-electron chi connectivity index (χ4n) is 2.73. The fraction of sp³-hybridized carbons (Fsp3) is 0.429. The van der Waals surface area contributed by atoms with E-state index < -0.39 is 0 Å². The molecule has 0 amide bonds. The molecule has 4 nitrogen and oxygen atoms in total. The van der Waals surface area contributed by atoms with Gasteiger partial charge in [0.05, 0.1) is 0 Å². The van der Waals surface area contributed by atoms with Crippen molar-refractivity contribution in [2.24, 2.45) is 11.8 Å². The van der Waals surface area contributed by atoms with Gasteiger partial charge in [-0.05, 0) is 36.8 Å². The Bertz CT molecular complexity index is 587. The lowest BCUT2D eigenvalue weighted by Crippen LogP contribution is -2.26. The van der Waals surface area contributed by atoms with E-state index in [9.17, 15) is 4.39 Å². The largest absolute Gasteiger partial charge is 0.384 e. The van der Waals surface area contributed by atoms with Crippen LogP contribution in [0, 0.1) is 17.7 Å². The predicted octanol–water partition coefficient (Wildman–Crippen LogP) is 2.71. The van der Waals surface area contributed by atoms with Gasteiger partial charge in [0.25, 0.3) is 0 Å². The number of nitrogens with zero attached hydrogens (tertiary/aromatic N) is 3. The van der Waals surface area contributed by atoms with E-state index in [0.29, 0.717) is 17.4 Å². The van der Waals surface area contributed by atoms with Gasteiger partial charge in [-0.15, -0.1) is 0 Å². The average Bonchev–Trinajstić information content (AvgIpc) is 2.69. The van der Waals surface area contributed by atoms with Crippen LogP contribution in [-0.2, 0) is 6.54 Å². The third-order valence-corrected chi connectivity index (χ3v) is 3.71. The highest BCUT2D eigenvalue weighted by atomic mass is 19.1. The zero-order valence-electron chi connectivity index (χ0n) is 10.9. The smallest absolute Gasteiger partial charge is 0.151 e. The van der Waals surface area contributed by atoms with Crippen LogP contribution in [0.2, 0.25) is 0 Å². The van der Waals surface area contributed by atoms with Crippen molar-refractivity contribution in [3.05, 3.63) is 30.2 Å². The molecular formula is C14H17FN4. The molecule has 100 valence electrons. The van der Waals surface area contributed by atoms with E-state index in [0.717, 1.165) is 12.5 Å². The summed E-state index contributed by atoms with van der Waals surface area (Å²) in [4.78, 5) is 4.02. The molecule has 0 atom stereocenters. The van der Waals surface area contributed by atoms with Crippen molar-refractivity contribution >= 4 is 5.82 Å². The first kappa shape index (κ1) is 12.1. The summed E-state index contributed by atoms with van der Waals surface area (Å²) >= 11 is 0. The summed E-state index contributed by atoms with van der Waals surface area (Å²) < 4.78 is 15.4. The van der Waals surface area contributed by atoms with Gasteiger partial charge in [-0.3, -0.25) is 4.98 Å². The van der Waals surface area contributed by atoms with Gasteiger partial charge in [-0.25, -0.2) is 9.07 Å². The minimum absolute atomic E-state index is 0.259. The van der Waals surface area contributed by atoms with Crippen LogP contribution in [0.5, 0.6) is 0 Å². The van der Waals surface area contributed by atoms with Crippen molar-refractivity contribution in [1.29, 1.82) is 0 Å². The maximum atomic E-state index is 13.7. The maximum Gasteiger partial charge on any atom is 0.151 e. The number of anilines is 1. The molecule has 19 heavy (non-hydrogen) atoms. The van der Waals surface area contributed by atoms with Gasteiger partial charge in [-0.1, -0.05) is 6.92 Å². The van der Waals surface area contributed by atoms with Crippen LogP contribution in [-0.4, -0.2) is 14.8 Å². The molecule has 0 aromatic carbocycles. The molecule has 2 heterocycles. The van der Waals surface area contributed by atoms with Crippen LogP contribution >= 0.6 is 0 Å². The number of aromatic nitrogens is 3. The molecule has 3 rings (SSSR count). The lowest BCUT2D eigenvalue weighted by molar-refractivity contribution is 0.183. The molecule has 0 bridgehead atoms. The summed E-state index contributed by atoms with van der Waals surface area (Å²) in [5.41, 5.74) is 6.70. The van der Waals surface area contributed by atoms with E-state index in [2.05, 4.69) is 17.0 Å². The number of hydrogen-bond acceptors (Lipinski definition) is 3. The Morgan fingerprint density at radius 3 is 2.95 bits per heavy atom. The van der Waals surface area contributed by atoms with E-state index >= 15 is 0 Å². The quantitative estimate of drug-likeness (QED) is 0.923. The van der Waals surface area contributed by atoms with Crippen LogP contribution in [0.1, 0.15) is 19.8 Å². The Morgan fingerprint density at radius 2 is 2.26 bits per heavy atom. The van der Waals surface area contributed by atoms with Crippen LogP contribution < -0.4 is 5.73 Å². The molecule has 1 aliphatic rings. The molecule has 0 unspecified atom stereocenters. The van der Waals surface area contributed by atoms with Gasteiger partial charge >= 0.3 is 0 Å². The van der Waals surface area contributed by atoms with Gasteiger partial charge in [0.2, 0.25) is 0 Å². The summed E-state index contributed by atoms with van der Waals surface area (Å²) in [6.07, 6.45) is 3.99. The Hall–Kier alpha value is -1.91. The molecule has 2 aromatic rings. The maximum absolute atomic E-state index is 13.7. The van der Waals surface area contributed by atoms with Crippen molar-refractivity contribution in [2.75, 3.05) is 5.73 Å². The van der Waals surface area contributed by atoms with Crippen molar-refractivity contribution < 1.29 is 4.39 Å². The predicted molar refractivity (Wildman–Crippen MR) is 71.7 cm³/mol. The molecule has 0 spiro atoms. The minimum Gasteiger partial charge on any atom is -0.384 e. The first-order chi connectivity index (χ1) is 9.13. The third-order valence-electron chi connectivity index (χ3n) is 3.71. The SMILES string of the molecule is CC1CC(Cn2nc(-c3ncccc3F)cc2N)C1. The van der Waals surface area contributed by atoms with Crippen molar-refractivity contribution in [3.8, 4) is 11.4 Å². The second-order valence-electron chi connectivity index (χ2n) is 5.41. The van der Waals surface area contributed by atoms with Crippen molar-refractivity contribution in [2.45, 2.75) is 26.3 Å². The highest BCUT2D eigenvalue weighted by molar-refractivity contribution is 5.58. The number of nitrogens with two attached hydrogens (primary N) is 1. The van der Waals surface area contributed by atoms with Gasteiger partial charge in [-0.2, -0.15) is 5.10 Å². The van der Waals surface area contributed by atoms with Gasteiger partial charge in [0, 0.05) is 18.8 Å². The molecule has 0 radical (unpaired) electrons. The number of halogens is 1. The summed E-state index contributed by atoms with van der Waals surface area (Å²) in [5.74, 6) is 1.64. The number of pyridine rings is 1. The second kappa shape index (κ2) is 4.64. The standard InChI is InChI=1S/C14H17FN4/c1-9-5-10(6-9)8-19-13(16)7-12(18-19)14-11(15)3-2-4-17-14/h2-4,7,9-10H,5-6,8,16H2,1H3. The van der Waals surface area contributed by atoms with E-state index in [1.807, 2.05) is 0 Å². The minimum atomic E-state index is -0.371. The molecule has 0 aliphatic heterocycles. The monoisotopic (exact) mass is 260 g/mol. The normalized spacial score (nSPS) is 22.2. The first-order valence-electron chi connectivity index (χ1n) is 6.57. The highest BCUT2D eigenvalue weighted by Crippen LogP contribution is 2.34. The lowest BCUT2D eigenvalue weighted by Gasteiger charge is -2.32. The molecule has 2 N–H and O–H groups in total. The highest BCUT2D eigenvalue weighted by Gasteiger charge is 2.26. The molecular weight excluding hydrogens is 243 g/mol. The lowest BCUT2D eigenvalue weighted by atomic mass is 9.76. The average molecular weight is 260 g/mol. The number of rotatable bonds is 3. The van der Waals surface area contributed by atoms with Crippen molar-refractivity contribution in [3.63, 3.8) is 0 Å². The second-order valence-corrected chi connectivity index (χ2v) is 5.41. The zero-order chi connectivity index (χ0) is 13.4. The van der Waals surface area contributed by atoms with Gasteiger partial charge in [0.1, 0.15) is 17.2 Å². The van der Waals surface area contributed by atoms with E-state index in [1.165, 1.54) is 18.9 Å². The fourth-order valence-corrected chi connectivity index (χ4v) is 2.73. The van der Waals surface area contributed by atoms with E-state index in [-0.39, 0.29) is 11.5 Å². The topological polar surface area (TPSA) is 56.7 Å². The number of hydrogen-bond donors (Lipinski definition) is 1. The summed E-state index contributed by atoms with van der Waals surface area (Å²) in [6, 6.07) is 4.63. The molecule has 2 aromatic heterocycles. The Morgan fingerprint density at radius 1 is 1.47 bits per heavy atom. The summed E-state index contributed by atoms with van der Waals surface area (Å²) in [6.45, 7) is 3.06. The van der Waals surface area contributed by atoms with Crippen LogP contribution in [0.15, 0.2) is 24.4 Å². The Labute approximate surface area is 111 Å². The molecule has 1 saturated carbocycles. The molecule has 5 heteroatoms. The Balaban J connectivity index is 1.83. The van der Waals surface area contributed by atoms with E-state index in [1.54, 1.807) is 23.0 Å². The van der Waals surface area contributed by atoms with Crippen LogP contribution in [0.4, 0.5) is 10.2 Å². The van der Waals surface area contributed by atoms with Gasteiger partial charge < -0.3 is 5.73 Å². The van der Waals surface area contributed by atoms with Crippen LogP contribution in [0.25, 0.3) is 11.4 Å². The summed E-state index contributed by atoms with van der Waals surface area (Å²) in [7, 11) is 0. The van der Waals surface area contributed by atoms with Crippen molar-refractivity contribution in [1.82, 2.24) is 14.8 Å². The van der Waals surface area contributed by atoms with E-state index in [4.69, 9.17) is 5.73 Å². The number of nitrogen functional groups attached to an aromatic ring is 1. The molecule has 0 saturated heterocycles. The zero-order valence-corrected chi connectivity index (χ0v) is 10.9. The third kappa shape index (κ3) is 2.32. The van der Waals surface area contributed by atoms with Crippen LogP contribution in [0.3, 0.4) is 0 Å². The molecule has 1 aliphatic carbocycles. The Kier molecular flexibility index (Phi) is 2.97. The summed E-state index contributed by atoms with van der Waals surface area (Å²) in [5, 5.41) is 4.38.